The molecule has 0 unspecified atom stereocenters. The maximum absolute atomic E-state index is 8.92. The van der Waals surface area contributed by atoms with E-state index in [9.17, 15) is 0 Å². The van der Waals surface area contributed by atoms with Gasteiger partial charge in [0.1, 0.15) is 5.65 Å². The first-order chi connectivity index (χ1) is 6.70. The fourth-order valence-electron chi connectivity index (χ4n) is 1.29. The first kappa shape index (κ1) is 9.20. The zero-order chi connectivity index (χ0) is 10.1. The van der Waals surface area contributed by atoms with Crippen molar-refractivity contribution < 1.29 is 15.2 Å². The molecule has 5 nitrogen and oxygen atoms in total. The van der Waals surface area contributed by atoms with Crippen LogP contribution in [0, 0.1) is 0 Å². The van der Waals surface area contributed by atoms with Crippen LogP contribution in [0.1, 0.15) is 5.69 Å². The Bertz CT molecular complexity index is 455. The number of pyridine rings is 1. The van der Waals surface area contributed by atoms with Crippen LogP contribution in [0.4, 0.5) is 0 Å². The molecule has 0 atom stereocenters. The molecule has 0 bridgehead atoms. The minimum atomic E-state index is -1.49. The molecule has 0 amide bonds. The summed E-state index contributed by atoms with van der Waals surface area (Å²) in [5, 5.41) is 26.7. The Morgan fingerprint density at radius 3 is 2.86 bits per heavy atom. The molecule has 6 heteroatoms. The van der Waals surface area contributed by atoms with Crippen molar-refractivity contribution in [3.8, 4) is 0 Å². The molecule has 0 aliphatic carbocycles. The fourth-order valence-corrected chi connectivity index (χ4v) is 1.29. The molecular weight excluding hydrogens is 183 g/mol. The second-order valence-corrected chi connectivity index (χ2v) is 2.99. The highest BCUT2D eigenvalue weighted by Gasteiger charge is 2.11. The molecule has 0 aromatic carbocycles. The van der Waals surface area contributed by atoms with Crippen molar-refractivity contribution in [3.63, 3.8) is 0 Å². The number of nitrogens with zero attached hydrogens (tertiary/aromatic N) is 2. The molecule has 0 aliphatic heterocycles. The number of aromatic nitrogens is 2. The lowest BCUT2D eigenvalue weighted by Gasteiger charge is -1.98. The molecule has 0 radical (unpaired) electrons. The Labute approximate surface area is 80.4 Å². The lowest BCUT2D eigenvalue weighted by molar-refractivity contribution is 0.277. The number of aliphatic hydroxyl groups excluding tert-OH is 1. The Hall–Kier alpha value is -1.37. The van der Waals surface area contributed by atoms with E-state index in [1.54, 1.807) is 28.9 Å². The van der Waals surface area contributed by atoms with Crippen molar-refractivity contribution in [2.75, 3.05) is 0 Å². The second-order valence-electron chi connectivity index (χ2n) is 2.99. The van der Waals surface area contributed by atoms with Gasteiger partial charge < -0.3 is 19.6 Å². The molecule has 14 heavy (non-hydrogen) atoms. The zero-order valence-electron chi connectivity index (χ0n) is 7.33. The summed E-state index contributed by atoms with van der Waals surface area (Å²) in [7, 11) is -1.49. The van der Waals surface area contributed by atoms with Crippen LogP contribution in [0.15, 0.2) is 24.5 Å². The molecule has 0 fully saturated rings. The van der Waals surface area contributed by atoms with E-state index in [2.05, 4.69) is 4.98 Å². The first-order valence-corrected chi connectivity index (χ1v) is 4.15. The standard InChI is InChI=1S/C8H9BN2O3/c12-5-7-4-11-2-1-6(9(13)14)3-8(11)10-7/h1-4,12-14H,5H2. The maximum atomic E-state index is 8.92. The topological polar surface area (TPSA) is 78.0 Å². The lowest BCUT2D eigenvalue weighted by atomic mass is 9.81. The van der Waals surface area contributed by atoms with Gasteiger partial charge in [0.25, 0.3) is 0 Å². The van der Waals surface area contributed by atoms with Crippen molar-refractivity contribution in [1.82, 2.24) is 9.38 Å². The minimum Gasteiger partial charge on any atom is -0.423 e. The van der Waals surface area contributed by atoms with Gasteiger partial charge in [0.05, 0.1) is 12.3 Å². The number of hydrogen-bond acceptors (Lipinski definition) is 4. The summed E-state index contributed by atoms with van der Waals surface area (Å²) in [6.45, 7) is -0.126. The van der Waals surface area contributed by atoms with E-state index in [4.69, 9.17) is 15.2 Å². The highest BCUT2D eigenvalue weighted by Crippen LogP contribution is 2.03. The third-order valence-corrected chi connectivity index (χ3v) is 1.99. The summed E-state index contributed by atoms with van der Waals surface area (Å²) < 4.78 is 1.71. The summed E-state index contributed by atoms with van der Waals surface area (Å²) in [6, 6.07) is 3.14. The molecule has 2 rings (SSSR count). The number of hydrogen-bond donors (Lipinski definition) is 3. The monoisotopic (exact) mass is 192 g/mol. The quantitative estimate of drug-likeness (QED) is 0.506. The van der Waals surface area contributed by atoms with Gasteiger partial charge in [0.15, 0.2) is 0 Å². The van der Waals surface area contributed by atoms with Crippen LogP contribution in [-0.4, -0.2) is 31.7 Å². The van der Waals surface area contributed by atoms with E-state index >= 15 is 0 Å². The lowest BCUT2D eigenvalue weighted by Crippen LogP contribution is -2.29. The van der Waals surface area contributed by atoms with Crippen molar-refractivity contribution in [2.24, 2.45) is 0 Å². The van der Waals surface area contributed by atoms with E-state index < -0.39 is 7.12 Å². The summed E-state index contributed by atoms with van der Waals surface area (Å²) in [6.07, 6.45) is 3.35. The highest BCUT2D eigenvalue weighted by molar-refractivity contribution is 6.58. The Morgan fingerprint density at radius 2 is 2.21 bits per heavy atom. The van der Waals surface area contributed by atoms with E-state index in [0.717, 1.165) is 0 Å². The van der Waals surface area contributed by atoms with Crippen LogP contribution >= 0.6 is 0 Å². The van der Waals surface area contributed by atoms with Gasteiger partial charge in [0.2, 0.25) is 0 Å². The van der Waals surface area contributed by atoms with E-state index in [-0.39, 0.29) is 6.61 Å². The summed E-state index contributed by atoms with van der Waals surface area (Å²) >= 11 is 0. The van der Waals surface area contributed by atoms with Gasteiger partial charge in [-0.15, -0.1) is 0 Å². The molecule has 2 aromatic rings. The van der Waals surface area contributed by atoms with Crippen LogP contribution in [0.25, 0.3) is 5.65 Å². The molecule has 2 aromatic heterocycles. The molecule has 2 heterocycles. The van der Waals surface area contributed by atoms with Gasteiger partial charge in [-0.3, -0.25) is 0 Å². The SMILES string of the molecule is OCc1cn2ccc(B(O)O)cc2n1. The number of rotatable bonds is 2. The Kier molecular flexibility index (Phi) is 2.24. The van der Waals surface area contributed by atoms with Crippen molar-refractivity contribution in [2.45, 2.75) is 6.61 Å². The second kappa shape index (κ2) is 3.41. The van der Waals surface area contributed by atoms with Gasteiger partial charge in [-0.1, -0.05) is 0 Å². The third-order valence-electron chi connectivity index (χ3n) is 1.99. The first-order valence-electron chi connectivity index (χ1n) is 4.15. The predicted octanol–water partition coefficient (Wildman–Crippen LogP) is -1.49. The maximum Gasteiger partial charge on any atom is 0.488 e. The van der Waals surface area contributed by atoms with E-state index in [0.29, 0.717) is 16.8 Å². The van der Waals surface area contributed by atoms with Crippen LogP contribution in [0.3, 0.4) is 0 Å². The molecular formula is C8H9BN2O3. The smallest absolute Gasteiger partial charge is 0.423 e. The van der Waals surface area contributed by atoms with E-state index in [1.807, 2.05) is 0 Å². The van der Waals surface area contributed by atoms with Gasteiger partial charge in [-0.25, -0.2) is 4.98 Å². The van der Waals surface area contributed by atoms with Crippen LogP contribution < -0.4 is 5.46 Å². The van der Waals surface area contributed by atoms with Crippen molar-refractivity contribution in [3.05, 3.63) is 30.2 Å². The number of aliphatic hydroxyl groups is 1. The van der Waals surface area contributed by atoms with Crippen LogP contribution in [-0.2, 0) is 6.61 Å². The largest absolute Gasteiger partial charge is 0.488 e. The molecule has 0 spiro atoms. The fraction of sp³-hybridized carbons (Fsp3) is 0.125. The number of imidazole rings is 1. The van der Waals surface area contributed by atoms with Gasteiger partial charge in [-0.05, 0) is 17.6 Å². The van der Waals surface area contributed by atoms with Gasteiger partial charge in [0, 0.05) is 12.4 Å². The van der Waals surface area contributed by atoms with Crippen molar-refractivity contribution >= 4 is 18.2 Å². The molecule has 0 aliphatic rings. The predicted molar refractivity (Wildman–Crippen MR) is 50.9 cm³/mol. The average molecular weight is 192 g/mol. The minimum absolute atomic E-state index is 0.126. The molecule has 72 valence electrons. The van der Waals surface area contributed by atoms with Crippen LogP contribution in [0.2, 0.25) is 0 Å². The third kappa shape index (κ3) is 1.50. The molecule has 3 N–H and O–H groups in total. The summed E-state index contributed by atoms with van der Waals surface area (Å²) in [4.78, 5) is 4.06. The zero-order valence-corrected chi connectivity index (χ0v) is 7.33. The normalized spacial score (nSPS) is 10.8. The van der Waals surface area contributed by atoms with Gasteiger partial charge in [-0.2, -0.15) is 0 Å². The number of fused-ring (bicyclic) bond motifs is 1. The van der Waals surface area contributed by atoms with E-state index in [1.165, 1.54) is 0 Å². The van der Waals surface area contributed by atoms with Crippen LogP contribution in [0.5, 0.6) is 0 Å². The average Bonchev–Trinajstić information content (AvgIpc) is 2.58. The Balaban J connectivity index is 2.54. The highest BCUT2D eigenvalue weighted by atomic mass is 16.4. The summed E-state index contributed by atoms with van der Waals surface area (Å²) in [5.41, 5.74) is 1.52. The summed E-state index contributed by atoms with van der Waals surface area (Å²) in [5.74, 6) is 0. The molecule has 0 saturated heterocycles. The van der Waals surface area contributed by atoms with Gasteiger partial charge >= 0.3 is 7.12 Å². The van der Waals surface area contributed by atoms with Crippen molar-refractivity contribution in [1.29, 1.82) is 0 Å². The molecule has 0 saturated carbocycles. The Morgan fingerprint density at radius 1 is 1.43 bits per heavy atom.